The first kappa shape index (κ1) is 19.6. The van der Waals surface area contributed by atoms with Crippen LogP contribution in [0.1, 0.15) is 16.1 Å². The third-order valence-corrected chi connectivity index (χ3v) is 6.05. The van der Waals surface area contributed by atoms with Crippen LogP contribution in [0.2, 0.25) is 0 Å². The van der Waals surface area contributed by atoms with E-state index in [9.17, 15) is 22.0 Å². The number of fused-ring (bicyclic) bond motifs is 1. The van der Waals surface area contributed by atoms with Crippen LogP contribution < -0.4 is 5.32 Å². The molecule has 0 saturated heterocycles. The summed E-state index contributed by atoms with van der Waals surface area (Å²) >= 11 is 0. The van der Waals surface area contributed by atoms with E-state index in [0.717, 1.165) is 18.3 Å². The van der Waals surface area contributed by atoms with Gasteiger partial charge >= 0.3 is 0 Å². The number of aromatic nitrogens is 3. The Bertz CT molecular complexity index is 1330. The van der Waals surface area contributed by atoms with Crippen LogP contribution in [0.15, 0.2) is 77.0 Å². The van der Waals surface area contributed by atoms with Gasteiger partial charge in [-0.25, -0.2) is 22.2 Å². The van der Waals surface area contributed by atoms with E-state index in [1.807, 2.05) is 0 Å². The van der Waals surface area contributed by atoms with Crippen LogP contribution >= 0.6 is 0 Å². The van der Waals surface area contributed by atoms with Crippen LogP contribution in [0.25, 0.3) is 5.65 Å². The molecule has 0 saturated carbocycles. The lowest BCUT2D eigenvalue weighted by Crippen LogP contribution is -2.23. The molecule has 0 aliphatic carbocycles. The summed E-state index contributed by atoms with van der Waals surface area (Å²) in [5.41, 5.74) is 1.55. The zero-order chi connectivity index (χ0) is 21.3. The second kappa shape index (κ2) is 7.64. The molecule has 0 bridgehead atoms. The number of nitrogens with zero attached hydrogens (tertiary/aromatic N) is 3. The number of imidazole rings is 1. The zero-order valence-corrected chi connectivity index (χ0v) is 16.1. The summed E-state index contributed by atoms with van der Waals surface area (Å²) in [4.78, 5) is 19.7. The molecule has 152 valence electrons. The Morgan fingerprint density at radius 2 is 1.77 bits per heavy atom. The van der Waals surface area contributed by atoms with Crippen molar-refractivity contribution in [2.24, 2.45) is 0 Å². The predicted octanol–water partition coefficient (Wildman–Crippen LogP) is 2.77. The molecule has 0 radical (unpaired) electrons. The Morgan fingerprint density at radius 3 is 2.47 bits per heavy atom. The van der Waals surface area contributed by atoms with E-state index in [0.29, 0.717) is 23.0 Å². The molecule has 0 aliphatic heterocycles. The highest BCUT2D eigenvalue weighted by atomic mass is 32.2. The summed E-state index contributed by atoms with van der Waals surface area (Å²) in [5, 5.41) is 2.69. The Hall–Kier alpha value is -3.66. The minimum atomic E-state index is -4.13. The lowest BCUT2D eigenvalue weighted by atomic mass is 10.2. The molecule has 0 unspecified atom stereocenters. The van der Waals surface area contributed by atoms with Gasteiger partial charge in [0.05, 0.1) is 27.6 Å². The highest BCUT2D eigenvalue weighted by Crippen LogP contribution is 2.22. The molecule has 1 aromatic carbocycles. The first-order chi connectivity index (χ1) is 14.3. The monoisotopic (exact) mass is 428 g/mol. The highest BCUT2D eigenvalue weighted by Gasteiger charge is 2.20. The maximum absolute atomic E-state index is 13.4. The Balaban J connectivity index is 1.47. The van der Waals surface area contributed by atoms with Crippen molar-refractivity contribution in [2.45, 2.75) is 16.3 Å². The van der Waals surface area contributed by atoms with E-state index in [4.69, 9.17) is 0 Å². The summed E-state index contributed by atoms with van der Waals surface area (Å²) in [6.45, 7) is 0.0652. The van der Waals surface area contributed by atoms with Crippen molar-refractivity contribution in [1.29, 1.82) is 0 Å². The van der Waals surface area contributed by atoms with Crippen molar-refractivity contribution >= 4 is 21.4 Å². The number of halogens is 2. The minimum Gasteiger partial charge on any atom is -0.346 e. The first-order valence-electron chi connectivity index (χ1n) is 8.70. The number of nitrogens with one attached hydrogen (secondary N) is 1. The van der Waals surface area contributed by atoms with Crippen LogP contribution in [-0.2, 0) is 16.4 Å². The van der Waals surface area contributed by atoms with Gasteiger partial charge in [-0.3, -0.25) is 9.78 Å². The van der Waals surface area contributed by atoms with Crippen molar-refractivity contribution in [1.82, 2.24) is 19.7 Å². The number of amides is 1. The Kier molecular flexibility index (Phi) is 5.00. The third-order valence-electron chi connectivity index (χ3n) is 4.34. The first-order valence-corrected chi connectivity index (χ1v) is 10.2. The van der Waals surface area contributed by atoms with E-state index in [1.165, 1.54) is 12.1 Å². The second-order valence-electron chi connectivity index (χ2n) is 6.39. The molecule has 0 aliphatic rings. The van der Waals surface area contributed by atoms with Crippen LogP contribution in [0.4, 0.5) is 8.78 Å². The Morgan fingerprint density at radius 1 is 1.00 bits per heavy atom. The van der Waals surface area contributed by atoms with Crippen LogP contribution in [0, 0.1) is 11.6 Å². The van der Waals surface area contributed by atoms with Gasteiger partial charge in [0.15, 0.2) is 0 Å². The molecule has 3 aromatic heterocycles. The molecule has 1 amide bonds. The molecule has 0 spiro atoms. The molecule has 1 N–H and O–H groups in total. The van der Waals surface area contributed by atoms with Crippen molar-refractivity contribution < 1.29 is 22.0 Å². The topological polar surface area (TPSA) is 93.4 Å². The standard InChI is InChI=1S/C20H14F2N4O3S/c21-14-7-15(22)9-18(8-14)30(28,29)17-3-2-16(24-11-17)10-25-20(27)13-1-4-19-23-5-6-26(19)12-13/h1-9,11-12H,10H2,(H,25,27). The minimum absolute atomic E-state index is 0.0652. The average Bonchev–Trinajstić information content (AvgIpc) is 3.19. The lowest BCUT2D eigenvalue weighted by Gasteiger charge is -2.08. The van der Waals surface area contributed by atoms with E-state index < -0.39 is 26.4 Å². The number of pyridine rings is 2. The Labute approximate surface area is 170 Å². The van der Waals surface area contributed by atoms with Gasteiger partial charge in [-0.05, 0) is 36.4 Å². The molecule has 0 atom stereocenters. The van der Waals surface area contributed by atoms with E-state index in [-0.39, 0.29) is 17.3 Å². The van der Waals surface area contributed by atoms with Crippen molar-refractivity contribution in [3.05, 3.63) is 90.1 Å². The van der Waals surface area contributed by atoms with Gasteiger partial charge in [0.25, 0.3) is 5.91 Å². The summed E-state index contributed by atoms with van der Waals surface area (Å²) in [5.74, 6) is -2.32. The molecule has 4 rings (SSSR count). The lowest BCUT2D eigenvalue weighted by molar-refractivity contribution is 0.0950. The normalized spacial score (nSPS) is 11.5. The molecule has 4 aromatic rings. The maximum Gasteiger partial charge on any atom is 0.253 e. The molecule has 7 nitrogen and oxygen atoms in total. The van der Waals surface area contributed by atoms with Crippen molar-refractivity contribution in [3.8, 4) is 0 Å². The predicted molar refractivity (Wildman–Crippen MR) is 102 cm³/mol. The third kappa shape index (κ3) is 3.90. The van der Waals surface area contributed by atoms with Gasteiger partial charge in [0.1, 0.15) is 17.3 Å². The fourth-order valence-electron chi connectivity index (χ4n) is 2.82. The molecule has 3 heterocycles. The SMILES string of the molecule is O=C(NCc1ccc(S(=O)(=O)c2cc(F)cc(F)c2)cn1)c1ccc2nccn2c1. The van der Waals surface area contributed by atoms with Gasteiger partial charge < -0.3 is 9.72 Å². The fraction of sp³-hybridized carbons (Fsp3) is 0.0500. The summed E-state index contributed by atoms with van der Waals surface area (Å²) in [6.07, 6.45) is 6.06. The molecular formula is C20H14F2N4O3S. The molecule has 0 fully saturated rings. The number of sulfone groups is 1. The summed E-state index contributed by atoms with van der Waals surface area (Å²) in [7, 11) is -4.13. The highest BCUT2D eigenvalue weighted by molar-refractivity contribution is 7.91. The molecular weight excluding hydrogens is 414 g/mol. The van der Waals surface area contributed by atoms with Crippen LogP contribution in [-0.4, -0.2) is 28.7 Å². The van der Waals surface area contributed by atoms with Gasteiger partial charge in [-0.1, -0.05) is 0 Å². The van der Waals surface area contributed by atoms with E-state index in [1.54, 1.807) is 35.1 Å². The largest absolute Gasteiger partial charge is 0.346 e. The maximum atomic E-state index is 13.4. The molecule has 30 heavy (non-hydrogen) atoms. The summed E-state index contributed by atoms with van der Waals surface area (Å²) < 4.78 is 53.5. The van der Waals surface area contributed by atoms with E-state index in [2.05, 4.69) is 15.3 Å². The van der Waals surface area contributed by atoms with Crippen molar-refractivity contribution in [2.75, 3.05) is 0 Å². The number of hydrogen-bond acceptors (Lipinski definition) is 5. The number of benzene rings is 1. The number of carbonyl (C=O) groups excluding carboxylic acids is 1. The molecule has 10 heteroatoms. The number of rotatable bonds is 5. The second-order valence-corrected chi connectivity index (χ2v) is 8.34. The van der Waals surface area contributed by atoms with Gasteiger partial charge in [0, 0.05) is 30.9 Å². The van der Waals surface area contributed by atoms with E-state index >= 15 is 0 Å². The average molecular weight is 428 g/mol. The number of carbonyl (C=O) groups is 1. The fourth-order valence-corrected chi connectivity index (χ4v) is 4.07. The van der Waals surface area contributed by atoms with Crippen LogP contribution in [0.3, 0.4) is 0 Å². The zero-order valence-electron chi connectivity index (χ0n) is 15.3. The van der Waals surface area contributed by atoms with Gasteiger partial charge in [-0.15, -0.1) is 0 Å². The number of hydrogen-bond donors (Lipinski definition) is 1. The quantitative estimate of drug-likeness (QED) is 0.528. The van der Waals surface area contributed by atoms with Gasteiger partial charge in [0.2, 0.25) is 9.84 Å². The smallest absolute Gasteiger partial charge is 0.253 e. The van der Waals surface area contributed by atoms with Crippen molar-refractivity contribution in [3.63, 3.8) is 0 Å². The van der Waals surface area contributed by atoms with Crippen LogP contribution in [0.5, 0.6) is 0 Å². The summed E-state index contributed by atoms with van der Waals surface area (Å²) in [6, 6.07) is 8.11. The van der Waals surface area contributed by atoms with Gasteiger partial charge in [-0.2, -0.15) is 0 Å².